The number of aromatic nitrogens is 4. The van der Waals surface area contributed by atoms with Gasteiger partial charge < -0.3 is 9.84 Å². The van der Waals surface area contributed by atoms with Gasteiger partial charge in [-0.2, -0.15) is 10.2 Å². The summed E-state index contributed by atoms with van der Waals surface area (Å²) in [5.74, 6) is -0.373. The number of rotatable bonds is 6. The monoisotopic (exact) mass is 452 g/mol. The molecule has 7 nitrogen and oxygen atoms in total. The van der Waals surface area contributed by atoms with Crippen LogP contribution in [0, 0.1) is 6.92 Å². The highest BCUT2D eigenvalue weighted by atomic mass is 16.5. The third-order valence-corrected chi connectivity index (χ3v) is 5.71. The summed E-state index contributed by atoms with van der Waals surface area (Å²) in [4.78, 5) is 12.6. The summed E-state index contributed by atoms with van der Waals surface area (Å²) in [5.41, 5.74) is 6.58. The number of aliphatic hydroxyl groups is 1. The lowest BCUT2D eigenvalue weighted by Gasteiger charge is -2.07. The van der Waals surface area contributed by atoms with E-state index in [0.717, 1.165) is 33.6 Å². The second-order valence-electron chi connectivity index (χ2n) is 7.94. The molecule has 7 heteroatoms. The Labute approximate surface area is 196 Å². The number of para-hydroxylation sites is 1. The van der Waals surface area contributed by atoms with Crippen molar-refractivity contribution in [1.82, 2.24) is 19.4 Å². The lowest BCUT2D eigenvalue weighted by atomic mass is 10.0. The third kappa shape index (κ3) is 3.76. The van der Waals surface area contributed by atoms with Gasteiger partial charge in [0.1, 0.15) is 5.69 Å². The Bertz CT molecular complexity index is 1470. The number of ether oxygens (including phenoxy) is 1. The number of pyridine rings is 1. The van der Waals surface area contributed by atoms with Gasteiger partial charge in [0.25, 0.3) is 0 Å². The molecule has 0 aliphatic heterocycles. The number of esters is 1. The van der Waals surface area contributed by atoms with Crippen LogP contribution in [0.4, 0.5) is 0 Å². The van der Waals surface area contributed by atoms with E-state index in [1.807, 2.05) is 85.9 Å². The zero-order chi connectivity index (χ0) is 23.7. The molecule has 34 heavy (non-hydrogen) atoms. The number of aryl methyl sites for hydroxylation is 1. The number of hydrogen-bond donors (Lipinski definition) is 1. The van der Waals surface area contributed by atoms with Crippen LogP contribution < -0.4 is 0 Å². The Morgan fingerprint density at radius 2 is 1.71 bits per heavy atom. The van der Waals surface area contributed by atoms with E-state index in [9.17, 15) is 9.90 Å². The summed E-state index contributed by atoms with van der Waals surface area (Å²) >= 11 is 0. The van der Waals surface area contributed by atoms with Gasteiger partial charge in [0, 0.05) is 11.8 Å². The first-order valence-corrected chi connectivity index (χ1v) is 11.1. The molecule has 5 rings (SSSR count). The second-order valence-corrected chi connectivity index (χ2v) is 7.94. The van der Waals surface area contributed by atoms with Crippen LogP contribution in [-0.4, -0.2) is 37.1 Å². The van der Waals surface area contributed by atoms with Crippen molar-refractivity contribution < 1.29 is 14.6 Å². The molecule has 3 aromatic heterocycles. The Balaban J connectivity index is 1.79. The van der Waals surface area contributed by atoms with Gasteiger partial charge in [-0.15, -0.1) is 0 Å². The molecule has 170 valence electrons. The van der Waals surface area contributed by atoms with Gasteiger partial charge in [-0.05, 0) is 43.7 Å². The van der Waals surface area contributed by atoms with Crippen LogP contribution in [0.1, 0.15) is 28.5 Å². The Kier molecular flexibility index (Phi) is 5.69. The number of aliphatic hydroxyl groups excluding tert-OH is 1. The van der Waals surface area contributed by atoms with Crippen molar-refractivity contribution in [2.75, 3.05) is 6.61 Å². The number of nitrogens with zero attached hydrogens (tertiary/aromatic N) is 4. The van der Waals surface area contributed by atoms with Crippen LogP contribution in [-0.2, 0) is 11.3 Å². The van der Waals surface area contributed by atoms with Crippen LogP contribution in [0.5, 0.6) is 0 Å². The van der Waals surface area contributed by atoms with E-state index in [-0.39, 0.29) is 12.6 Å². The molecular weight excluding hydrogens is 428 g/mol. The first-order chi connectivity index (χ1) is 16.6. The van der Waals surface area contributed by atoms with Crippen molar-refractivity contribution in [3.63, 3.8) is 0 Å². The van der Waals surface area contributed by atoms with Crippen LogP contribution in [0.3, 0.4) is 0 Å². The maximum Gasteiger partial charge on any atom is 0.338 e. The highest BCUT2D eigenvalue weighted by molar-refractivity contribution is 5.97. The van der Waals surface area contributed by atoms with Gasteiger partial charge in [0.2, 0.25) is 0 Å². The fourth-order valence-corrected chi connectivity index (χ4v) is 4.11. The Hall–Kier alpha value is -4.23. The van der Waals surface area contributed by atoms with Crippen molar-refractivity contribution in [1.29, 1.82) is 0 Å². The topological polar surface area (TPSA) is 81.6 Å². The molecule has 0 atom stereocenters. The number of fused-ring (bicyclic) bond motifs is 1. The van der Waals surface area contributed by atoms with Gasteiger partial charge in [-0.3, -0.25) is 0 Å². The molecular formula is C27H24N4O3. The smallest absolute Gasteiger partial charge is 0.338 e. The van der Waals surface area contributed by atoms with E-state index in [1.165, 1.54) is 0 Å². The molecule has 0 aliphatic rings. The summed E-state index contributed by atoms with van der Waals surface area (Å²) in [6.07, 6.45) is 1.83. The van der Waals surface area contributed by atoms with Gasteiger partial charge in [0.15, 0.2) is 0 Å². The maximum atomic E-state index is 12.6. The first kappa shape index (κ1) is 21.6. The lowest BCUT2D eigenvalue weighted by Crippen LogP contribution is -2.08. The minimum Gasteiger partial charge on any atom is -0.462 e. The molecule has 3 heterocycles. The van der Waals surface area contributed by atoms with E-state index in [0.29, 0.717) is 23.6 Å². The van der Waals surface area contributed by atoms with E-state index in [4.69, 9.17) is 14.9 Å². The van der Waals surface area contributed by atoms with Crippen molar-refractivity contribution in [3.05, 3.63) is 95.8 Å². The molecule has 0 amide bonds. The molecule has 0 unspecified atom stereocenters. The Morgan fingerprint density at radius 1 is 1.00 bits per heavy atom. The van der Waals surface area contributed by atoms with E-state index < -0.39 is 0 Å². The molecule has 0 fully saturated rings. The molecule has 1 N–H and O–H groups in total. The molecule has 0 aliphatic carbocycles. The maximum absolute atomic E-state index is 12.6. The van der Waals surface area contributed by atoms with E-state index in [1.54, 1.807) is 16.1 Å². The minimum absolute atomic E-state index is 0.172. The van der Waals surface area contributed by atoms with Crippen LogP contribution in [0.15, 0.2) is 79.0 Å². The second kappa shape index (κ2) is 8.96. The highest BCUT2D eigenvalue weighted by Gasteiger charge is 2.23. The average molecular weight is 453 g/mol. The van der Waals surface area contributed by atoms with Crippen LogP contribution in [0.25, 0.3) is 33.7 Å². The summed E-state index contributed by atoms with van der Waals surface area (Å²) in [6, 6.07) is 23.2. The lowest BCUT2D eigenvalue weighted by molar-refractivity contribution is 0.0525. The fourth-order valence-electron chi connectivity index (χ4n) is 4.11. The molecule has 2 aromatic carbocycles. The number of carbonyl (C=O) groups is 1. The standard InChI is InChI=1S/C27H24N4O3/c1-3-34-27(33)22-15-24-25(23-14-21(17-32)31(28-23)20-12-8-5-9-13-20)26(19-10-6-4-7-11-19)29-30(24)16-18(22)2/h4-16,32H,3,17H2,1-2H3. The zero-order valence-corrected chi connectivity index (χ0v) is 19.0. The van der Waals surface area contributed by atoms with E-state index >= 15 is 0 Å². The summed E-state index contributed by atoms with van der Waals surface area (Å²) in [7, 11) is 0. The quantitative estimate of drug-likeness (QED) is 0.373. The molecule has 0 radical (unpaired) electrons. The largest absolute Gasteiger partial charge is 0.462 e. The molecule has 0 spiro atoms. The normalized spacial score (nSPS) is 11.1. The number of carbonyl (C=O) groups excluding carboxylic acids is 1. The summed E-state index contributed by atoms with van der Waals surface area (Å²) < 4.78 is 8.78. The van der Waals surface area contributed by atoms with Crippen molar-refractivity contribution in [2.24, 2.45) is 0 Å². The summed E-state index contributed by atoms with van der Waals surface area (Å²) in [5, 5.41) is 19.8. The van der Waals surface area contributed by atoms with Crippen molar-refractivity contribution in [2.45, 2.75) is 20.5 Å². The Morgan fingerprint density at radius 3 is 2.38 bits per heavy atom. The molecule has 0 bridgehead atoms. The number of hydrogen-bond acceptors (Lipinski definition) is 5. The van der Waals surface area contributed by atoms with Crippen molar-refractivity contribution in [3.8, 4) is 28.2 Å². The number of benzene rings is 2. The van der Waals surface area contributed by atoms with Crippen LogP contribution in [0.2, 0.25) is 0 Å². The third-order valence-electron chi connectivity index (χ3n) is 5.71. The molecule has 0 saturated carbocycles. The predicted octanol–water partition coefficient (Wildman–Crippen LogP) is 4.83. The highest BCUT2D eigenvalue weighted by Crippen LogP contribution is 2.36. The van der Waals surface area contributed by atoms with Gasteiger partial charge in [-0.25, -0.2) is 14.0 Å². The van der Waals surface area contributed by atoms with Gasteiger partial charge >= 0.3 is 5.97 Å². The molecule has 5 aromatic rings. The first-order valence-electron chi connectivity index (χ1n) is 11.1. The van der Waals surface area contributed by atoms with Crippen molar-refractivity contribution >= 4 is 11.5 Å². The van der Waals surface area contributed by atoms with Gasteiger partial charge in [-0.1, -0.05) is 48.5 Å². The predicted molar refractivity (Wildman–Crippen MR) is 130 cm³/mol. The average Bonchev–Trinajstić information content (AvgIpc) is 3.45. The minimum atomic E-state index is -0.373. The van der Waals surface area contributed by atoms with Crippen LogP contribution >= 0.6 is 0 Å². The SMILES string of the molecule is CCOC(=O)c1cc2c(-c3cc(CO)n(-c4ccccc4)n3)c(-c3ccccc3)nn2cc1C. The van der Waals surface area contributed by atoms with E-state index in [2.05, 4.69) is 0 Å². The summed E-state index contributed by atoms with van der Waals surface area (Å²) in [6.45, 7) is 3.78. The molecule has 0 saturated heterocycles. The van der Waals surface area contributed by atoms with Gasteiger partial charge in [0.05, 0.1) is 46.9 Å². The zero-order valence-electron chi connectivity index (χ0n) is 19.0. The fraction of sp³-hybridized carbons (Fsp3) is 0.148.